The number of nitrogens with zero attached hydrogens (tertiary/aromatic N) is 1. The van der Waals surface area contributed by atoms with Gasteiger partial charge in [0.15, 0.2) is 0 Å². The van der Waals surface area contributed by atoms with Crippen LogP contribution in [0.15, 0.2) is 18.2 Å². The molecule has 0 aliphatic rings. The minimum absolute atomic E-state index is 0.191. The molecule has 4 nitrogen and oxygen atoms in total. The minimum Gasteiger partial charge on any atom is -0.396 e. The van der Waals surface area contributed by atoms with Crippen molar-refractivity contribution in [3.05, 3.63) is 29.6 Å². The highest BCUT2D eigenvalue weighted by Crippen LogP contribution is 2.18. The number of aliphatic hydroxyl groups is 1. The summed E-state index contributed by atoms with van der Waals surface area (Å²) >= 11 is 0. The quantitative estimate of drug-likeness (QED) is 0.781. The third-order valence-corrected chi connectivity index (χ3v) is 2.30. The summed E-state index contributed by atoms with van der Waals surface area (Å²) in [6, 6.07) is 3.57. The summed E-state index contributed by atoms with van der Waals surface area (Å²) in [6.07, 6.45) is -2.74. The highest BCUT2D eigenvalue weighted by atomic mass is 19.3. The first-order valence-corrected chi connectivity index (χ1v) is 5.19. The zero-order valence-corrected chi connectivity index (χ0v) is 9.44. The molecule has 100 valence electrons. The molecule has 1 amide bonds. The van der Waals surface area contributed by atoms with Crippen LogP contribution < -0.4 is 5.73 Å². The number of rotatable bonds is 5. The largest absolute Gasteiger partial charge is 0.396 e. The Hall–Kier alpha value is -1.76. The number of halogens is 3. The summed E-state index contributed by atoms with van der Waals surface area (Å²) in [5.74, 6) is -1.62. The Bertz CT molecular complexity index is 427. The van der Waals surface area contributed by atoms with E-state index in [4.69, 9.17) is 10.8 Å². The number of carbonyl (C=O) groups excluding carboxylic acids is 1. The molecule has 0 aliphatic carbocycles. The minimum atomic E-state index is -2.74. The monoisotopic (exact) mass is 262 g/mol. The Balaban J connectivity index is 2.98. The first-order chi connectivity index (χ1) is 8.47. The van der Waals surface area contributed by atoms with Gasteiger partial charge in [0.2, 0.25) is 0 Å². The van der Waals surface area contributed by atoms with Gasteiger partial charge in [0.05, 0.1) is 24.4 Å². The Morgan fingerprint density at radius 1 is 1.44 bits per heavy atom. The van der Waals surface area contributed by atoms with Crippen molar-refractivity contribution < 1.29 is 23.1 Å². The van der Waals surface area contributed by atoms with E-state index in [-0.39, 0.29) is 17.8 Å². The van der Waals surface area contributed by atoms with E-state index in [1.54, 1.807) is 0 Å². The van der Waals surface area contributed by atoms with Crippen molar-refractivity contribution in [1.82, 2.24) is 4.90 Å². The molecule has 0 heterocycles. The van der Waals surface area contributed by atoms with Gasteiger partial charge in [-0.3, -0.25) is 4.79 Å². The van der Waals surface area contributed by atoms with E-state index in [9.17, 15) is 18.0 Å². The zero-order chi connectivity index (χ0) is 13.7. The molecular weight excluding hydrogens is 249 g/mol. The molecule has 0 aliphatic heterocycles. The third kappa shape index (κ3) is 3.36. The molecule has 0 radical (unpaired) electrons. The Morgan fingerprint density at radius 3 is 2.67 bits per heavy atom. The number of aliphatic hydroxyl groups excluding tert-OH is 1. The van der Waals surface area contributed by atoms with Gasteiger partial charge < -0.3 is 15.7 Å². The van der Waals surface area contributed by atoms with Gasteiger partial charge in [0.1, 0.15) is 5.82 Å². The van der Waals surface area contributed by atoms with Gasteiger partial charge in [0.25, 0.3) is 12.3 Å². The van der Waals surface area contributed by atoms with Crippen LogP contribution in [0.5, 0.6) is 0 Å². The SMILES string of the molecule is Nc1c(F)cccc1C(=O)N(CCO)CC(F)F. The molecule has 0 atom stereocenters. The average Bonchev–Trinajstić information content (AvgIpc) is 2.31. The van der Waals surface area contributed by atoms with E-state index in [0.29, 0.717) is 0 Å². The summed E-state index contributed by atoms with van der Waals surface area (Å²) < 4.78 is 37.7. The predicted molar refractivity (Wildman–Crippen MR) is 59.8 cm³/mol. The number of nitrogens with two attached hydrogens (primary N) is 1. The molecule has 3 N–H and O–H groups in total. The second kappa shape index (κ2) is 6.25. The normalized spacial score (nSPS) is 10.7. The molecule has 0 saturated heterocycles. The molecule has 0 fully saturated rings. The van der Waals surface area contributed by atoms with E-state index in [2.05, 4.69) is 0 Å². The molecule has 0 unspecified atom stereocenters. The maximum Gasteiger partial charge on any atom is 0.256 e. The van der Waals surface area contributed by atoms with Crippen LogP contribution in [0.25, 0.3) is 0 Å². The molecule has 0 spiro atoms. The fourth-order valence-electron chi connectivity index (χ4n) is 1.46. The molecular formula is C11H13F3N2O2. The van der Waals surface area contributed by atoms with Crippen molar-refractivity contribution in [3.8, 4) is 0 Å². The van der Waals surface area contributed by atoms with Crippen molar-refractivity contribution in [3.63, 3.8) is 0 Å². The van der Waals surface area contributed by atoms with Crippen LogP contribution in [-0.2, 0) is 0 Å². The summed E-state index contributed by atoms with van der Waals surface area (Å²) in [4.78, 5) is 12.6. The Kier molecular flexibility index (Phi) is 4.96. The lowest BCUT2D eigenvalue weighted by Gasteiger charge is -2.22. The molecule has 1 rings (SSSR count). The number of amides is 1. The van der Waals surface area contributed by atoms with Crippen molar-refractivity contribution in [2.45, 2.75) is 6.43 Å². The van der Waals surface area contributed by atoms with Crippen LogP contribution in [0.1, 0.15) is 10.4 Å². The summed E-state index contributed by atoms with van der Waals surface area (Å²) in [6.45, 7) is -1.57. The Morgan fingerprint density at radius 2 is 2.11 bits per heavy atom. The van der Waals surface area contributed by atoms with Crippen molar-refractivity contribution in [2.24, 2.45) is 0 Å². The molecule has 0 bridgehead atoms. The highest BCUT2D eigenvalue weighted by Gasteiger charge is 2.22. The lowest BCUT2D eigenvalue weighted by atomic mass is 10.1. The number of alkyl halides is 2. The van der Waals surface area contributed by atoms with Crippen molar-refractivity contribution in [2.75, 3.05) is 25.4 Å². The number of benzene rings is 1. The standard InChI is InChI=1S/C11H13F3N2O2/c12-8-3-1-2-7(10(8)15)11(18)16(4-5-17)6-9(13)14/h1-3,9,17H,4-6,15H2. The van der Waals surface area contributed by atoms with Crippen molar-refractivity contribution >= 4 is 11.6 Å². The van der Waals surface area contributed by atoms with Crippen molar-refractivity contribution in [1.29, 1.82) is 0 Å². The maximum absolute atomic E-state index is 13.2. The lowest BCUT2D eigenvalue weighted by molar-refractivity contribution is 0.0510. The molecule has 7 heteroatoms. The van der Waals surface area contributed by atoms with Gasteiger partial charge in [-0.15, -0.1) is 0 Å². The first-order valence-electron chi connectivity index (χ1n) is 5.19. The lowest BCUT2D eigenvalue weighted by Crippen LogP contribution is -2.37. The number of anilines is 1. The topological polar surface area (TPSA) is 66.6 Å². The zero-order valence-electron chi connectivity index (χ0n) is 9.44. The summed E-state index contributed by atoms with van der Waals surface area (Å²) in [5.41, 5.74) is 4.80. The predicted octanol–water partition coefficient (Wildman–Crippen LogP) is 1.11. The maximum atomic E-state index is 13.2. The number of hydrogen-bond acceptors (Lipinski definition) is 3. The van der Waals surface area contributed by atoms with Gasteiger partial charge >= 0.3 is 0 Å². The van der Waals surface area contributed by atoms with Gasteiger partial charge in [-0.2, -0.15) is 0 Å². The van der Waals surface area contributed by atoms with Gasteiger partial charge in [0, 0.05) is 6.54 Å². The van der Waals surface area contributed by atoms with Crippen LogP contribution >= 0.6 is 0 Å². The number of nitrogen functional groups attached to an aromatic ring is 1. The number of para-hydroxylation sites is 1. The van der Waals surface area contributed by atoms with E-state index in [0.717, 1.165) is 11.0 Å². The fraction of sp³-hybridized carbons (Fsp3) is 0.364. The van der Waals surface area contributed by atoms with Crippen LogP contribution in [0.3, 0.4) is 0 Å². The second-order valence-electron chi connectivity index (χ2n) is 3.57. The number of hydrogen-bond donors (Lipinski definition) is 2. The first kappa shape index (κ1) is 14.3. The van der Waals surface area contributed by atoms with Gasteiger partial charge in [-0.1, -0.05) is 6.07 Å². The van der Waals surface area contributed by atoms with Crippen LogP contribution in [0, 0.1) is 5.82 Å². The van der Waals surface area contributed by atoms with Crippen LogP contribution in [-0.4, -0.2) is 42.0 Å². The second-order valence-corrected chi connectivity index (χ2v) is 3.57. The van der Waals surface area contributed by atoms with Crippen LogP contribution in [0.4, 0.5) is 18.9 Å². The fourth-order valence-corrected chi connectivity index (χ4v) is 1.46. The van der Waals surface area contributed by atoms with E-state index >= 15 is 0 Å². The Labute approximate surface area is 102 Å². The van der Waals surface area contributed by atoms with Gasteiger partial charge in [-0.05, 0) is 12.1 Å². The van der Waals surface area contributed by atoms with Gasteiger partial charge in [-0.25, -0.2) is 13.2 Å². The molecule has 0 saturated carbocycles. The molecule has 1 aromatic rings. The van der Waals surface area contributed by atoms with E-state index in [1.165, 1.54) is 12.1 Å². The molecule has 1 aromatic carbocycles. The smallest absolute Gasteiger partial charge is 0.256 e. The molecule has 0 aromatic heterocycles. The van der Waals surface area contributed by atoms with E-state index in [1.807, 2.05) is 0 Å². The summed E-state index contributed by atoms with van der Waals surface area (Å²) in [7, 11) is 0. The summed E-state index contributed by atoms with van der Waals surface area (Å²) in [5, 5.41) is 8.73. The number of carbonyl (C=O) groups is 1. The van der Waals surface area contributed by atoms with Crippen LogP contribution in [0.2, 0.25) is 0 Å². The highest BCUT2D eigenvalue weighted by molar-refractivity contribution is 5.99. The molecule has 18 heavy (non-hydrogen) atoms. The third-order valence-electron chi connectivity index (χ3n) is 2.30. The van der Waals surface area contributed by atoms with E-state index < -0.39 is 31.3 Å². The average molecular weight is 262 g/mol.